The molecule has 0 spiro atoms. The van der Waals surface area contributed by atoms with Crippen molar-refractivity contribution in [1.82, 2.24) is 9.80 Å². The standard InChI is InChI=1S/C19H24N2O3/c1-3-4-9-21-18(22)16(15-7-5-14(2)6-8-15)17(19(21)23)20-10-12-24-13-11-20/h5-8H,3-4,9-13H2,1-2H3. The number of hydrogen-bond donors (Lipinski definition) is 0. The molecule has 1 aromatic rings. The van der Waals surface area contributed by atoms with Gasteiger partial charge in [0.1, 0.15) is 5.70 Å². The quantitative estimate of drug-likeness (QED) is 0.778. The van der Waals surface area contributed by atoms with Crippen LogP contribution in [0.2, 0.25) is 0 Å². The molecule has 0 bridgehead atoms. The lowest BCUT2D eigenvalue weighted by Gasteiger charge is -2.29. The Morgan fingerprint density at radius 2 is 1.71 bits per heavy atom. The molecule has 1 saturated heterocycles. The van der Waals surface area contributed by atoms with Crippen molar-refractivity contribution in [3.05, 3.63) is 41.1 Å². The average Bonchev–Trinajstić information content (AvgIpc) is 2.85. The van der Waals surface area contributed by atoms with Gasteiger partial charge in [-0.3, -0.25) is 14.5 Å². The van der Waals surface area contributed by atoms with Crippen LogP contribution in [-0.4, -0.2) is 54.5 Å². The van der Waals surface area contributed by atoms with E-state index in [0.717, 1.165) is 24.0 Å². The normalized spacial score (nSPS) is 18.8. The van der Waals surface area contributed by atoms with E-state index in [1.807, 2.05) is 36.1 Å². The van der Waals surface area contributed by atoms with Crippen LogP contribution in [0.5, 0.6) is 0 Å². The predicted octanol–water partition coefficient (Wildman–Crippen LogP) is 2.21. The van der Waals surface area contributed by atoms with E-state index >= 15 is 0 Å². The van der Waals surface area contributed by atoms with Crippen molar-refractivity contribution in [2.45, 2.75) is 26.7 Å². The zero-order valence-electron chi connectivity index (χ0n) is 14.4. The maximum Gasteiger partial charge on any atom is 0.277 e. The van der Waals surface area contributed by atoms with Gasteiger partial charge in [-0.2, -0.15) is 0 Å². The average molecular weight is 328 g/mol. The fourth-order valence-corrected chi connectivity index (χ4v) is 3.14. The Hall–Kier alpha value is -2.14. The van der Waals surface area contributed by atoms with Gasteiger partial charge in [-0.25, -0.2) is 0 Å². The molecule has 2 heterocycles. The Kier molecular flexibility index (Phi) is 5.00. The number of morpholine rings is 1. The van der Waals surface area contributed by atoms with E-state index in [1.165, 1.54) is 4.90 Å². The number of ether oxygens (including phenoxy) is 1. The van der Waals surface area contributed by atoms with E-state index in [2.05, 4.69) is 6.92 Å². The first-order valence-corrected chi connectivity index (χ1v) is 8.63. The molecule has 0 unspecified atom stereocenters. The lowest BCUT2D eigenvalue weighted by molar-refractivity contribution is -0.137. The summed E-state index contributed by atoms with van der Waals surface area (Å²) in [6, 6.07) is 7.82. The van der Waals surface area contributed by atoms with Crippen molar-refractivity contribution >= 4 is 17.4 Å². The molecular weight excluding hydrogens is 304 g/mol. The first-order valence-electron chi connectivity index (χ1n) is 8.63. The molecule has 2 aliphatic rings. The minimum atomic E-state index is -0.168. The lowest BCUT2D eigenvalue weighted by Crippen LogP contribution is -2.40. The second-order valence-electron chi connectivity index (χ2n) is 6.30. The second kappa shape index (κ2) is 7.18. The van der Waals surface area contributed by atoms with Gasteiger partial charge in [0, 0.05) is 19.6 Å². The van der Waals surface area contributed by atoms with Crippen LogP contribution in [0.4, 0.5) is 0 Å². The lowest BCUT2D eigenvalue weighted by atomic mass is 10.0. The third-order valence-electron chi connectivity index (χ3n) is 4.55. The van der Waals surface area contributed by atoms with E-state index in [0.29, 0.717) is 44.1 Å². The summed E-state index contributed by atoms with van der Waals surface area (Å²) in [6.45, 7) is 7.01. The van der Waals surface area contributed by atoms with Crippen molar-refractivity contribution in [2.75, 3.05) is 32.8 Å². The Morgan fingerprint density at radius 1 is 1.04 bits per heavy atom. The zero-order chi connectivity index (χ0) is 17.1. The van der Waals surface area contributed by atoms with Crippen LogP contribution in [0.25, 0.3) is 5.57 Å². The number of imide groups is 1. The minimum Gasteiger partial charge on any atom is -0.378 e. The van der Waals surface area contributed by atoms with Gasteiger partial charge in [0.2, 0.25) is 0 Å². The van der Waals surface area contributed by atoms with Crippen LogP contribution >= 0.6 is 0 Å². The molecule has 0 atom stereocenters. The highest BCUT2D eigenvalue weighted by Crippen LogP contribution is 2.32. The van der Waals surface area contributed by atoms with Crippen molar-refractivity contribution in [3.8, 4) is 0 Å². The van der Waals surface area contributed by atoms with E-state index in [1.54, 1.807) is 0 Å². The molecule has 1 fully saturated rings. The SMILES string of the molecule is CCCCN1C(=O)C(c2ccc(C)cc2)=C(N2CCOCC2)C1=O. The summed E-state index contributed by atoms with van der Waals surface area (Å²) in [4.78, 5) is 29.3. The van der Waals surface area contributed by atoms with Crippen molar-refractivity contribution in [3.63, 3.8) is 0 Å². The van der Waals surface area contributed by atoms with Crippen LogP contribution in [0.15, 0.2) is 30.0 Å². The molecule has 0 radical (unpaired) electrons. The molecule has 0 saturated carbocycles. The van der Waals surface area contributed by atoms with E-state index < -0.39 is 0 Å². The summed E-state index contributed by atoms with van der Waals surface area (Å²) in [6.07, 6.45) is 1.78. The molecule has 1 aromatic carbocycles. The number of carbonyl (C=O) groups excluding carboxylic acids is 2. The van der Waals surface area contributed by atoms with Gasteiger partial charge in [-0.15, -0.1) is 0 Å². The van der Waals surface area contributed by atoms with Crippen molar-refractivity contribution < 1.29 is 14.3 Å². The predicted molar refractivity (Wildman–Crippen MR) is 92.1 cm³/mol. The maximum atomic E-state index is 12.9. The van der Waals surface area contributed by atoms with Gasteiger partial charge in [0.25, 0.3) is 11.8 Å². The zero-order valence-corrected chi connectivity index (χ0v) is 14.4. The van der Waals surface area contributed by atoms with E-state index in [-0.39, 0.29) is 11.8 Å². The van der Waals surface area contributed by atoms with Crippen LogP contribution in [0, 0.1) is 6.92 Å². The molecule has 5 heteroatoms. The highest BCUT2D eigenvalue weighted by Gasteiger charge is 2.41. The Balaban J connectivity index is 2.01. The summed E-state index contributed by atoms with van der Waals surface area (Å²) in [7, 11) is 0. The second-order valence-corrected chi connectivity index (χ2v) is 6.30. The third kappa shape index (κ3) is 3.08. The first-order chi connectivity index (χ1) is 11.6. The van der Waals surface area contributed by atoms with Gasteiger partial charge in [-0.1, -0.05) is 43.2 Å². The summed E-state index contributed by atoms with van der Waals surface area (Å²) in [5.41, 5.74) is 3.03. The Morgan fingerprint density at radius 3 is 2.33 bits per heavy atom. The molecule has 2 amide bonds. The highest BCUT2D eigenvalue weighted by molar-refractivity contribution is 6.35. The molecule has 2 aliphatic heterocycles. The van der Waals surface area contributed by atoms with Gasteiger partial charge >= 0.3 is 0 Å². The monoisotopic (exact) mass is 328 g/mol. The van der Waals surface area contributed by atoms with Gasteiger partial charge in [0.05, 0.1) is 18.8 Å². The largest absolute Gasteiger partial charge is 0.378 e. The number of benzene rings is 1. The van der Waals surface area contributed by atoms with Crippen LogP contribution < -0.4 is 0 Å². The first kappa shape index (κ1) is 16.7. The number of rotatable bonds is 5. The van der Waals surface area contributed by atoms with Crippen molar-refractivity contribution in [2.24, 2.45) is 0 Å². The van der Waals surface area contributed by atoms with Crippen molar-refractivity contribution in [1.29, 1.82) is 0 Å². The fraction of sp³-hybridized carbons (Fsp3) is 0.474. The van der Waals surface area contributed by atoms with E-state index in [4.69, 9.17) is 4.74 Å². The number of hydrogen-bond acceptors (Lipinski definition) is 4. The van der Waals surface area contributed by atoms with Crippen LogP contribution in [-0.2, 0) is 14.3 Å². The topological polar surface area (TPSA) is 49.9 Å². The number of unbranched alkanes of at least 4 members (excludes halogenated alkanes) is 1. The number of nitrogens with zero attached hydrogens (tertiary/aromatic N) is 2. The van der Waals surface area contributed by atoms with Gasteiger partial charge in [0.15, 0.2) is 0 Å². The fourth-order valence-electron chi connectivity index (χ4n) is 3.14. The van der Waals surface area contributed by atoms with Gasteiger partial charge < -0.3 is 9.64 Å². The Bertz CT molecular complexity index is 658. The summed E-state index contributed by atoms with van der Waals surface area (Å²) in [5, 5.41) is 0. The van der Waals surface area contributed by atoms with Crippen LogP contribution in [0.3, 0.4) is 0 Å². The molecule has 0 N–H and O–H groups in total. The van der Waals surface area contributed by atoms with Gasteiger partial charge in [-0.05, 0) is 18.9 Å². The number of aryl methyl sites for hydroxylation is 1. The molecule has 128 valence electrons. The molecule has 5 nitrogen and oxygen atoms in total. The third-order valence-corrected chi connectivity index (χ3v) is 4.55. The molecule has 24 heavy (non-hydrogen) atoms. The van der Waals surface area contributed by atoms with Crippen LogP contribution in [0.1, 0.15) is 30.9 Å². The molecule has 3 rings (SSSR count). The highest BCUT2D eigenvalue weighted by atomic mass is 16.5. The molecule has 0 aliphatic carbocycles. The smallest absolute Gasteiger partial charge is 0.277 e. The summed E-state index contributed by atoms with van der Waals surface area (Å²) >= 11 is 0. The Labute approximate surface area is 142 Å². The minimum absolute atomic E-state index is 0.161. The molecule has 0 aromatic heterocycles. The summed E-state index contributed by atoms with van der Waals surface area (Å²) < 4.78 is 5.40. The molecular formula is C19H24N2O3. The summed E-state index contributed by atoms with van der Waals surface area (Å²) in [5.74, 6) is -0.329. The van der Waals surface area contributed by atoms with E-state index in [9.17, 15) is 9.59 Å². The number of carbonyl (C=O) groups is 2. The maximum absolute atomic E-state index is 12.9. The number of amides is 2.